The fraction of sp³-hybridized carbons (Fsp3) is 0.286. The second kappa shape index (κ2) is 5.84. The second-order valence-electron chi connectivity index (χ2n) is 4.33. The Labute approximate surface area is 115 Å². The molecule has 1 amide bonds. The van der Waals surface area contributed by atoms with E-state index in [1.165, 1.54) is 10.1 Å². The maximum absolute atomic E-state index is 11.9. The second-order valence-corrected chi connectivity index (χ2v) is 5.15. The van der Waals surface area contributed by atoms with Crippen LogP contribution in [-0.4, -0.2) is 10.5 Å². The minimum atomic E-state index is -0.187. The van der Waals surface area contributed by atoms with E-state index in [4.69, 9.17) is 0 Å². The zero-order chi connectivity index (χ0) is 13.8. The Balaban J connectivity index is 2.03. The molecule has 1 N–H and O–H groups in total. The van der Waals surface area contributed by atoms with Gasteiger partial charge in [0.2, 0.25) is 5.91 Å². The average molecular weight is 276 g/mol. The Morgan fingerprint density at radius 1 is 1.32 bits per heavy atom. The van der Waals surface area contributed by atoms with Gasteiger partial charge in [-0.25, -0.2) is 0 Å². The Morgan fingerprint density at radius 2 is 2.00 bits per heavy atom. The highest BCUT2D eigenvalue weighted by atomic mass is 32.1. The summed E-state index contributed by atoms with van der Waals surface area (Å²) in [5.74, 6) is -0.187. The summed E-state index contributed by atoms with van der Waals surface area (Å²) in [4.78, 5) is 23.3. The zero-order valence-corrected chi connectivity index (χ0v) is 11.8. The lowest BCUT2D eigenvalue weighted by Crippen LogP contribution is -2.25. The molecule has 0 unspecified atom stereocenters. The van der Waals surface area contributed by atoms with E-state index < -0.39 is 0 Å². The van der Waals surface area contributed by atoms with Gasteiger partial charge in [-0.05, 0) is 31.0 Å². The normalized spacial score (nSPS) is 10.4. The third kappa shape index (κ3) is 3.32. The quantitative estimate of drug-likeness (QED) is 0.932. The zero-order valence-electron chi connectivity index (χ0n) is 11.0. The molecule has 0 radical (unpaired) electrons. The highest BCUT2D eigenvalue weighted by Crippen LogP contribution is 2.10. The van der Waals surface area contributed by atoms with Crippen LogP contribution < -0.4 is 10.2 Å². The summed E-state index contributed by atoms with van der Waals surface area (Å²) in [5, 5.41) is 4.55. The van der Waals surface area contributed by atoms with Crippen LogP contribution in [0, 0.1) is 6.92 Å². The van der Waals surface area contributed by atoms with Crippen LogP contribution in [0.4, 0.5) is 5.69 Å². The number of aromatic nitrogens is 1. The summed E-state index contributed by atoms with van der Waals surface area (Å²) >= 11 is 1.11. The first kappa shape index (κ1) is 13.5. The lowest BCUT2D eigenvalue weighted by molar-refractivity contribution is -0.116. The molecular weight excluding hydrogens is 260 g/mol. The van der Waals surface area contributed by atoms with Gasteiger partial charge in [0.05, 0.1) is 0 Å². The monoisotopic (exact) mass is 276 g/mol. The first-order valence-corrected chi connectivity index (χ1v) is 7.02. The van der Waals surface area contributed by atoms with Crippen molar-refractivity contribution in [2.24, 2.45) is 0 Å². The molecule has 19 heavy (non-hydrogen) atoms. The van der Waals surface area contributed by atoms with Gasteiger partial charge in [-0.3, -0.25) is 14.2 Å². The Morgan fingerprint density at radius 3 is 2.53 bits per heavy atom. The van der Waals surface area contributed by atoms with E-state index in [2.05, 4.69) is 12.2 Å². The molecule has 100 valence electrons. The van der Waals surface area contributed by atoms with Gasteiger partial charge in [-0.2, -0.15) is 0 Å². The molecule has 2 rings (SSSR count). The van der Waals surface area contributed by atoms with Crippen LogP contribution in [0.1, 0.15) is 18.2 Å². The summed E-state index contributed by atoms with van der Waals surface area (Å²) in [7, 11) is 0. The number of hydrogen-bond donors (Lipinski definition) is 1. The van der Waals surface area contributed by atoms with Gasteiger partial charge in [0, 0.05) is 16.8 Å². The summed E-state index contributed by atoms with van der Waals surface area (Å²) in [6.45, 7) is 3.96. The van der Waals surface area contributed by atoms with Crippen molar-refractivity contribution in [3.8, 4) is 0 Å². The van der Waals surface area contributed by atoms with Crippen LogP contribution in [0.2, 0.25) is 0 Å². The number of benzene rings is 1. The van der Waals surface area contributed by atoms with E-state index in [1.54, 1.807) is 5.38 Å². The summed E-state index contributed by atoms with van der Waals surface area (Å²) in [6, 6.07) is 7.72. The van der Waals surface area contributed by atoms with Crippen molar-refractivity contribution in [3.63, 3.8) is 0 Å². The Bertz CT molecular complexity index is 626. The fourth-order valence-corrected chi connectivity index (χ4v) is 2.50. The van der Waals surface area contributed by atoms with Crippen LogP contribution in [0.3, 0.4) is 0 Å². The van der Waals surface area contributed by atoms with E-state index >= 15 is 0 Å². The van der Waals surface area contributed by atoms with Crippen LogP contribution in [0.5, 0.6) is 0 Å². The topological polar surface area (TPSA) is 51.1 Å². The number of nitrogens with one attached hydrogen (secondary N) is 1. The number of carbonyl (C=O) groups excluding carboxylic acids is 1. The van der Waals surface area contributed by atoms with Crippen molar-refractivity contribution in [1.29, 1.82) is 0 Å². The first-order chi connectivity index (χ1) is 9.10. The van der Waals surface area contributed by atoms with Gasteiger partial charge in [0.25, 0.3) is 0 Å². The Kier molecular flexibility index (Phi) is 4.16. The van der Waals surface area contributed by atoms with Crippen LogP contribution in [-0.2, 0) is 17.8 Å². The largest absolute Gasteiger partial charge is 0.325 e. The predicted octanol–water partition coefficient (Wildman–Crippen LogP) is 2.42. The molecule has 0 aliphatic rings. The van der Waals surface area contributed by atoms with Crippen molar-refractivity contribution >= 4 is 22.9 Å². The summed E-state index contributed by atoms with van der Waals surface area (Å²) < 4.78 is 1.47. The molecule has 1 heterocycles. The first-order valence-electron chi connectivity index (χ1n) is 6.14. The number of aryl methyl sites for hydroxylation is 2. The van der Waals surface area contributed by atoms with Gasteiger partial charge < -0.3 is 5.32 Å². The molecule has 0 spiro atoms. The molecule has 0 saturated heterocycles. The van der Waals surface area contributed by atoms with Crippen LogP contribution >= 0.6 is 11.3 Å². The predicted molar refractivity (Wildman–Crippen MR) is 77.8 cm³/mol. The number of hydrogen-bond acceptors (Lipinski definition) is 3. The van der Waals surface area contributed by atoms with Crippen molar-refractivity contribution in [2.45, 2.75) is 26.8 Å². The molecule has 0 bridgehead atoms. The van der Waals surface area contributed by atoms with Crippen LogP contribution in [0.15, 0.2) is 34.4 Å². The lowest BCUT2D eigenvalue weighted by atomic mass is 10.1. The summed E-state index contributed by atoms with van der Waals surface area (Å²) in [5.41, 5.74) is 2.79. The van der Waals surface area contributed by atoms with Crippen LogP contribution in [0.25, 0.3) is 0 Å². The van der Waals surface area contributed by atoms with Gasteiger partial charge >= 0.3 is 4.87 Å². The maximum Gasteiger partial charge on any atom is 0.307 e. The number of carbonyl (C=O) groups is 1. The number of anilines is 1. The average Bonchev–Trinajstić information content (AvgIpc) is 2.71. The molecule has 2 aromatic rings. The molecule has 0 atom stereocenters. The number of thiazole rings is 1. The highest BCUT2D eigenvalue weighted by molar-refractivity contribution is 7.07. The molecule has 1 aromatic heterocycles. The van der Waals surface area contributed by atoms with E-state index in [-0.39, 0.29) is 17.3 Å². The van der Waals surface area contributed by atoms with Gasteiger partial charge in [-0.15, -0.1) is 0 Å². The van der Waals surface area contributed by atoms with E-state index in [1.807, 2.05) is 31.2 Å². The van der Waals surface area contributed by atoms with Gasteiger partial charge in [0.1, 0.15) is 6.54 Å². The molecular formula is C14H16N2O2S. The number of nitrogens with zero attached hydrogens (tertiary/aromatic N) is 1. The van der Waals surface area contributed by atoms with Gasteiger partial charge in [0.15, 0.2) is 0 Å². The molecule has 0 saturated carbocycles. The molecule has 0 aliphatic heterocycles. The number of amides is 1. The third-order valence-corrected chi connectivity index (χ3v) is 3.81. The van der Waals surface area contributed by atoms with E-state index in [0.29, 0.717) is 0 Å². The third-order valence-electron chi connectivity index (χ3n) is 2.92. The van der Waals surface area contributed by atoms with Crippen molar-refractivity contribution in [2.75, 3.05) is 5.32 Å². The smallest absolute Gasteiger partial charge is 0.307 e. The minimum Gasteiger partial charge on any atom is -0.325 e. The lowest BCUT2D eigenvalue weighted by Gasteiger charge is -2.07. The Hall–Kier alpha value is -1.88. The standard InChI is InChI=1S/C14H16N2O2S/c1-3-11-4-6-12(7-5-11)15-13(17)8-16-10(2)9-19-14(16)18/h4-7,9H,3,8H2,1-2H3,(H,15,17). The van der Waals surface area contributed by atoms with E-state index in [0.717, 1.165) is 29.1 Å². The SMILES string of the molecule is CCc1ccc(NC(=O)Cn2c(C)csc2=O)cc1. The molecule has 1 aromatic carbocycles. The number of rotatable bonds is 4. The molecule has 4 nitrogen and oxygen atoms in total. The maximum atomic E-state index is 11.9. The summed E-state index contributed by atoms with van der Waals surface area (Å²) in [6.07, 6.45) is 0.970. The fourth-order valence-electron chi connectivity index (χ4n) is 1.76. The highest BCUT2D eigenvalue weighted by Gasteiger charge is 2.08. The van der Waals surface area contributed by atoms with Crippen molar-refractivity contribution in [1.82, 2.24) is 4.57 Å². The molecule has 0 aliphatic carbocycles. The van der Waals surface area contributed by atoms with Gasteiger partial charge in [-0.1, -0.05) is 30.4 Å². The van der Waals surface area contributed by atoms with E-state index in [9.17, 15) is 9.59 Å². The van der Waals surface area contributed by atoms with Crippen molar-refractivity contribution in [3.05, 3.63) is 50.6 Å². The minimum absolute atomic E-state index is 0.0592. The molecule has 0 fully saturated rings. The molecule has 5 heteroatoms. The van der Waals surface area contributed by atoms with Crippen molar-refractivity contribution < 1.29 is 4.79 Å².